The average Bonchev–Trinajstić information content (AvgIpc) is 2.38. The number of hydrogen-bond acceptors (Lipinski definition) is 3. The van der Waals surface area contributed by atoms with Gasteiger partial charge in [0.1, 0.15) is 5.75 Å². The minimum Gasteiger partial charge on any atom is -0.497 e. The Morgan fingerprint density at radius 2 is 2.24 bits per heavy atom. The third-order valence-electron chi connectivity index (χ3n) is 2.52. The minimum atomic E-state index is 0.0797. The van der Waals surface area contributed by atoms with E-state index in [-0.39, 0.29) is 5.43 Å². The van der Waals surface area contributed by atoms with Crippen LogP contribution in [0.25, 0.3) is 10.9 Å². The van der Waals surface area contributed by atoms with Crippen LogP contribution in [0.3, 0.4) is 0 Å². The van der Waals surface area contributed by atoms with Gasteiger partial charge >= 0.3 is 0 Å². The highest BCUT2D eigenvalue weighted by molar-refractivity contribution is 7.99. The van der Waals surface area contributed by atoms with Gasteiger partial charge in [0, 0.05) is 11.7 Å². The molecule has 2 aromatic rings. The maximum atomic E-state index is 12.2. The fraction of sp³-hybridized carbons (Fsp3) is 0.308. The smallest absolute Gasteiger partial charge is 0.203 e. The Bertz CT molecular complexity index is 577. The van der Waals surface area contributed by atoms with Gasteiger partial charge in [-0.05, 0) is 30.4 Å². The predicted octanol–water partition coefficient (Wildman–Crippen LogP) is 3.04. The quantitative estimate of drug-likeness (QED) is 0.847. The van der Waals surface area contributed by atoms with Crippen molar-refractivity contribution in [2.45, 2.75) is 18.2 Å². The number of aromatic nitrogens is 1. The monoisotopic (exact) mass is 249 g/mol. The lowest BCUT2D eigenvalue weighted by atomic mass is 10.2. The van der Waals surface area contributed by atoms with Crippen LogP contribution in [-0.2, 0) is 0 Å². The number of rotatable bonds is 4. The van der Waals surface area contributed by atoms with Gasteiger partial charge < -0.3 is 9.72 Å². The summed E-state index contributed by atoms with van der Waals surface area (Å²) in [5.41, 5.74) is 0.924. The van der Waals surface area contributed by atoms with Gasteiger partial charge in [-0.3, -0.25) is 4.79 Å². The van der Waals surface area contributed by atoms with E-state index in [9.17, 15) is 4.79 Å². The van der Waals surface area contributed by atoms with Crippen LogP contribution in [0.15, 0.2) is 34.1 Å². The standard InChI is InChI=1S/C13H15NO2S/c1-3-6-17-12-8-14-11-5-4-9(16-2)7-10(11)13(12)15/h4-5,7-8H,3,6H2,1-2H3,(H,14,15). The second-order valence-electron chi connectivity index (χ2n) is 3.74. The topological polar surface area (TPSA) is 42.1 Å². The number of aromatic amines is 1. The Balaban J connectivity index is 2.52. The Hall–Kier alpha value is -1.42. The second kappa shape index (κ2) is 5.27. The SMILES string of the molecule is CCCSc1c[nH]c2ccc(OC)cc2c1=O. The molecule has 0 aliphatic rings. The molecule has 1 aromatic heterocycles. The zero-order chi connectivity index (χ0) is 12.3. The molecule has 17 heavy (non-hydrogen) atoms. The van der Waals surface area contributed by atoms with E-state index >= 15 is 0 Å². The van der Waals surface area contributed by atoms with Gasteiger partial charge in [0.15, 0.2) is 0 Å². The number of thioether (sulfide) groups is 1. The molecule has 4 heteroatoms. The Morgan fingerprint density at radius 1 is 1.41 bits per heavy atom. The third-order valence-corrected chi connectivity index (χ3v) is 3.74. The van der Waals surface area contributed by atoms with Crippen molar-refractivity contribution in [3.63, 3.8) is 0 Å². The van der Waals surface area contributed by atoms with Gasteiger partial charge in [-0.1, -0.05) is 6.92 Å². The molecule has 0 unspecified atom stereocenters. The summed E-state index contributed by atoms with van der Waals surface area (Å²) in [7, 11) is 1.60. The van der Waals surface area contributed by atoms with Crippen molar-refractivity contribution in [1.82, 2.24) is 4.98 Å². The number of H-pyrrole nitrogens is 1. The number of nitrogens with one attached hydrogen (secondary N) is 1. The number of pyridine rings is 1. The van der Waals surface area contributed by atoms with Gasteiger partial charge in [0.25, 0.3) is 0 Å². The number of benzene rings is 1. The largest absolute Gasteiger partial charge is 0.497 e. The van der Waals surface area contributed by atoms with Crippen LogP contribution in [0.1, 0.15) is 13.3 Å². The van der Waals surface area contributed by atoms with Crippen molar-refractivity contribution in [3.05, 3.63) is 34.6 Å². The van der Waals surface area contributed by atoms with Gasteiger partial charge in [0.2, 0.25) is 5.43 Å². The molecule has 1 heterocycles. The summed E-state index contributed by atoms with van der Waals surface area (Å²) < 4.78 is 5.14. The van der Waals surface area contributed by atoms with Crippen LogP contribution in [0.4, 0.5) is 0 Å². The lowest BCUT2D eigenvalue weighted by Gasteiger charge is -2.04. The van der Waals surface area contributed by atoms with Crippen molar-refractivity contribution in [3.8, 4) is 5.75 Å². The van der Waals surface area contributed by atoms with Crippen molar-refractivity contribution in [2.24, 2.45) is 0 Å². The molecule has 2 rings (SSSR count). The maximum absolute atomic E-state index is 12.2. The number of methoxy groups -OCH3 is 1. The van der Waals surface area contributed by atoms with Crippen molar-refractivity contribution in [2.75, 3.05) is 12.9 Å². The molecule has 0 amide bonds. The van der Waals surface area contributed by atoms with E-state index in [0.717, 1.165) is 22.6 Å². The molecule has 0 fully saturated rings. The first-order valence-electron chi connectivity index (χ1n) is 5.58. The van der Waals surface area contributed by atoms with E-state index in [1.54, 1.807) is 31.1 Å². The fourth-order valence-corrected chi connectivity index (χ4v) is 2.43. The van der Waals surface area contributed by atoms with Gasteiger partial charge in [0.05, 0.1) is 17.4 Å². The molecule has 0 atom stereocenters. The van der Waals surface area contributed by atoms with Gasteiger partial charge in [-0.15, -0.1) is 11.8 Å². The number of ether oxygens (including phenoxy) is 1. The van der Waals surface area contributed by atoms with Crippen molar-refractivity contribution < 1.29 is 4.74 Å². The fourth-order valence-electron chi connectivity index (χ4n) is 1.62. The van der Waals surface area contributed by atoms with E-state index in [1.807, 2.05) is 12.1 Å². The predicted molar refractivity (Wildman–Crippen MR) is 72.1 cm³/mol. The molecule has 0 saturated carbocycles. The number of fused-ring (bicyclic) bond motifs is 1. The van der Waals surface area contributed by atoms with Gasteiger partial charge in [-0.25, -0.2) is 0 Å². The lowest BCUT2D eigenvalue weighted by Crippen LogP contribution is -2.06. The summed E-state index contributed by atoms with van der Waals surface area (Å²) in [6, 6.07) is 5.49. The average molecular weight is 249 g/mol. The molecular formula is C13H15NO2S. The lowest BCUT2D eigenvalue weighted by molar-refractivity contribution is 0.415. The molecule has 1 aromatic carbocycles. The Labute approximate surface area is 104 Å². The highest BCUT2D eigenvalue weighted by atomic mass is 32.2. The summed E-state index contributed by atoms with van der Waals surface area (Å²) in [5.74, 6) is 1.67. The molecular weight excluding hydrogens is 234 g/mol. The molecule has 0 spiro atoms. The van der Waals surface area contributed by atoms with E-state index in [2.05, 4.69) is 11.9 Å². The molecule has 90 valence electrons. The minimum absolute atomic E-state index is 0.0797. The Morgan fingerprint density at radius 3 is 2.94 bits per heavy atom. The van der Waals surface area contributed by atoms with Crippen LogP contribution in [0.5, 0.6) is 5.75 Å². The summed E-state index contributed by atoms with van der Waals surface area (Å²) >= 11 is 1.59. The zero-order valence-electron chi connectivity index (χ0n) is 9.95. The molecule has 0 aliphatic heterocycles. The van der Waals surface area contributed by atoms with E-state index in [0.29, 0.717) is 11.1 Å². The molecule has 0 radical (unpaired) electrons. The summed E-state index contributed by atoms with van der Waals surface area (Å²) in [6.07, 6.45) is 2.84. The normalized spacial score (nSPS) is 10.7. The van der Waals surface area contributed by atoms with Crippen LogP contribution in [0, 0.1) is 0 Å². The zero-order valence-corrected chi connectivity index (χ0v) is 10.8. The van der Waals surface area contributed by atoms with Gasteiger partial charge in [-0.2, -0.15) is 0 Å². The molecule has 0 saturated heterocycles. The van der Waals surface area contributed by atoms with Crippen LogP contribution in [0.2, 0.25) is 0 Å². The van der Waals surface area contributed by atoms with Crippen LogP contribution >= 0.6 is 11.8 Å². The van der Waals surface area contributed by atoms with E-state index in [4.69, 9.17) is 4.74 Å². The summed E-state index contributed by atoms with van der Waals surface area (Å²) in [6.45, 7) is 2.10. The third kappa shape index (κ3) is 2.47. The molecule has 1 N–H and O–H groups in total. The molecule has 0 aliphatic carbocycles. The second-order valence-corrected chi connectivity index (χ2v) is 4.88. The molecule has 3 nitrogen and oxygen atoms in total. The van der Waals surface area contributed by atoms with Crippen molar-refractivity contribution in [1.29, 1.82) is 0 Å². The first kappa shape index (κ1) is 12.0. The highest BCUT2D eigenvalue weighted by Gasteiger charge is 2.06. The number of hydrogen-bond donors (Lipinski definition) is 1. The first-order chi connectivity index (χ1) is 8.26. The van der Waals surface area contributed by atoms with Crippen molar-refractivity contribution >= 4 is 22.7 Å². The van der Waals surface area contributed by atoms with Crippen LogP contribution < -0.4 is 10.2 Å². The summed E-state index contributed by atoms with van der Waals surface area (Å²) in [4.78, 5) is 16.1. The maximum Gasteiger partial charge on any atom is 0.203 e. The van der Waals surface area contributed by atoms with E-state index in [1.165, 1.54) is 0 Å². The Kier molecular flexibility index (Phi) is 3.74. The first-order valence-corrected chi connectivity index (χ1v) is 6.57. The molecule has 0 bridgehead atoms. The highest BCUT2D eigenvalue weighted by Crippen LogP contribution is 2.20. The summed E-state index contributed by atoms with van der Waals surface area (Å²) in [5, 5.41) is 0.686. The van der Waals surface area contributed by atoms with E-state index < -0.39 is 0 Å². The van der Waals surface area contributed by atoms with Crippen LogP contribution in [-0.4, -0.2) is 17.8 Å².